The van der Waals surface area contributed by atoms with Gasteiger partial charge in [0.1, 0.15) is 11.4 Å². The van der Waals surface area contributed by atoms with Gasteiger partial charge in [-0.3, -0.25) is 4.79 Å². The number of ether oxygens (including phenoxy) is 1. The van der Waals surface area contributed by atoms with Crippen molar-refractivity contribution >= 4 is 11.9 Å². The first-order valence-electron chi connectivity index (χ1n) is 8.11. The second-order valence-corrected chi connectivity index (χ2v) is 5.75. The first-order valence-corrected chi connectivity index (χ1v) is 8.11. The van der Waals surface area contributed by atoms with E-state index in [0.717, 1.165) is 30.6 Å². The van der Waals surface area contributed by atoms with Crippen molar-refractivity contribution in [1.29, 1.82) is 0 Å². The van der Waals surface area contributed by atoms with Gasteiger partial charge in [0, 0.05) is 19.7 Å². The summed E-state index contributed by atoms with van der Waals surface area (Å²) < 4.78 is 5.88. The van der Waals surface area contributed by atoms with Gasteiger partial charge in [-0.05, 0) is 24.6 Å². The second kappa shape index (κ2) is 8.29. The van der Waals surface area contributed by atoms with Crippen LogP contribution in [0, 0.1) is 0 Å². The van der Waals surface area contributed by atoms with Crippen LogP contribution in [0.4, 0.5) is 5.95 Å². The average molecular weight is 328 g/mol. The monoisotopic (exact) mass is 328 g/mol. The molecule has 6 heteroatoms. The molecule has 2 N–H and O–H groups in total. The van der Waals surface area contributed by atoms with E-state index in [1.54, 1.807) is 20.2 Å². The molecule has 2 aromatic rings. The summed E-state index contributed by atoms with van der Waals surface area (Å²) in [4.78, 5) is 21.9. The third-order valence-corrected chi connectivity index (χ3v) is 3.54. The fraction of sp³-hybridized carbons (Fsp3) is 0.389. The lowest BCUT2D eigenvalue weighted by atomic mass is 10.1. The maximum atomic E-state index is 12.2. The Bertz CT molecular complexity index is 701. The molecule has 0 atom stereocenters. The van der Waals surface area contributed by atoms with Crippen molar-refractivity contribution in [3.63, 3.8) is 0 Å². The molecule has 0 aliphatic carbocycles. The molecule has 0 saturated carbocycles. The van der Waals surface area contributed by atoms with Gasteiger partial charge in [0.2, 0.25) is 5.95 Å². The van der Waals surface area contributed by atoms with E-state index in [1.807, 2.05) is 24.3 Å². The highest BCUT2D eigenvalue weighted by molar-refractivity contribution is 5.93. The van der Waals surface area contributed by atoms with E-state index < -0.39 is 0 Å². The van der Waals surface area contributed by atoms with Crippen LogP contribution in [0.25, 0.3) is 11.3 Å². The summed E-state index contributed by atoms with van der Waals surface area (Å²) in [5.74, 6) is 0.583. The molecule has 1 aromatic heterocycles. The number of nitrogen functional groups attached to an aromatic ring is 1. The predicted molar refractivity (Wildman–Crippen MR) is 94.9 cm³/mol. The molecule has 1 heterocycles. The molecule has 0 fully saturated rings. The van der Waals surface area contributed by atoms with Crippen LogP contribution in [0.15, 0.2) is 30.3 Å². The molecular formula is C18H24N4O2. The van der Waals surface area contributed by atoms with E-state index in [-0.39, 0.29) is 17.5 Å². The SMILES string of the molecule is CCCCCOc1ccccc1-c1cc(C(=O)N(C)C)nc(N)n1. The third kappa shape index (κ3) is 4.44. The topological polar surface area (TPSA) is 81.3 Å². The summed E-state index contributed by atoms with van der Waals surface area (Å²) in [5, 5.41) is 0. The Hall–Kier alpha value is -2.63. The van der Waals surface area contributed by atoms with Crippen LogP contribution in [0.3, 0.4) is 0 Å². The van der Waals surface area contributed by atoms with Gasteiger partial charge in [0.15, 0.2) is 0 Å². The molecule has 0 spiro atoms. The number of carbonyl (C=O) groups excluding carboxylic acids is 1. The highest BCUT2D eigenvalue weighted by atomic mass is 16.5. The minimum atomic E-state index is -0.216. The van der Waals surface area contributed by atoms with Gasteiger partial charge in [-0.25, -0.2) is 9.97 Å². The third-order valence-electron chi connectivity index (χ3n) is 3.54. The number of aromatic nitrogens is 2. The van der Waals surface area contributed by atoms with Gasteiger partial charge in [0.05, 0.1) is 12.3 Å². The number of hydrogen-bond donors (Lipinski definition) is 1. The normalized spacial score (nSPS) is 10.5. The van der Waals surface area contributed by atoms with E-state index in [2.05, 4.69) is 16.9 Å². The molecular weight excluding hydrogens is 304 g/mol. The van der Waals surface area contributed by atoms with Gasteiger partial charge in [-0.2, -0.15) is 0 Å². The lowest BCUT2D eigenvalue weighted by Gasteiger charge is -2.13. The van der Waals surface area contributed by atoms with Crippen molar-refractivity contribution in [1.82, 2.24) is 14.9 Å². The number of para-hydroxylation sites is 1. The van der Waals surface area contributed by atoms with E-state index in [0.29, 0.717) is 12.3 Å². The largest absolute Gasteiger partial charge is 0.493 e. The predicted octanol–water partition coefficient (Wildman–Crippen LogP) is 3.00. The molecule has 0 unspecified atom stereocenters. The highest BCUT2D eigenvalue weighted by Crippen LogP contribution is 2.29. The van der Waals surface area contributed by atoms with E-state index in [9.17, 15) is 4.79 Å². The van der Waals surface area contributed by atoms with Gasteiger partial charge in [-0.15, -0.1) is 0 Å². The molecule has 6 nitrogen and oxygen atoms in total. The van der Waals surface area contributed by atoms with E-state index >= 15 is 0 Å². The van der Waals surface area contributed by atoms with Crippen molar-refractivity contribution in [2.75, 3.05) is 26.4 Å². The molecule has 0 aliphatic rings. The highest BCUT2D eigenvalue weighted by Gasteiger charge is 2.15. The van der Waals surface area contributed by atoms with Crippen LogP contribution in [-0.2, 0) is 0 Å². The summed E-state index contributed by atoms with van der Waals surface area (Å²) in [7, 11) is 3.34. The Morgan fingerprint density at radius 3 is 2.67 bits per heavy atom. The number of nitrogens with two attached hydrogens (primary N) is 1. The average Bonchev–Trinajstić information content (AvgIpc) is 2.57. The fourth-order valence-electron chi connectivity index (χ4n) is 2.28. The maximum Gasteiger partial charge on any atom is 0.272 e. The summed E-state index contributed by atoms with van der Waals surface area (Å²) in [6.07, 6.45) is 3.27. The lowest BCUT2D eigenvalue weighted by molar-refractivity contribution is 0.0822. The van der Waals surface area contributed by atoms with Crippen molar-refractivity contribution < 1.29 is 9.53 Å². The van der Waals surface area contributed by atoms with Gasteiger partial charge in [0.25, 0.3) is 5.91 Å². The van der Waals surface area contributed by atoms with Crippen molar-refractivity contribution in [2.24, 2.45) is 0 Å². The van der Waals surface area contributed by atoms with Crippen LogP contribution in [0.2, 0.25) is 0 Å². The molecule has 0 bridgehead atoms. The number of carbonyl (C=O) groups is 1. The number of rotatable bonds is 7. The molecule has 2 rings (SSSR count). The first kappa shape index (κ1) is 17.7. The van der Waals surface area contributed by atoms with E-state index in [1.165, 1.54) is 4.90 Å². The Labute approximate surface area is 142 Å². The van der Waals surface area contributed by atoms with Crippen LogP contribution < -0.4 is 10.5 Å². The second-order valence-electron chi connectivity index (χ2n) is 5.75. The Kier molecular flexibility index (Phi) is 6.12. The Balaban J connectivity index is 2.32. The summed E-state index contributed by atoms with van der Waals surface area (Å²) in [6.45, 7) is 2.80. The number of benzene rings is 1. The zero-order valence-electron chi connectivity index (χ0n) is 14.5. The Morgan fingerprint density at radius 2 is 1.96 bits per heavy atom. The molecule has 128 valence electrons. The van der Waals surface area contributed by atoms with Crippen LogP contribution >= 0.6 is 0 Å². The molecule has 0 aliphatic heterocycles. The zero-order valence-corrected chi connectivity index (χ0v) is 14.5. The maximum absolute atomic E-state index is 12.2. The standard InChI is InChI=1S/C18H24N4O2/c1-4-5-8-11-24-16-10-7-6-9-13(16)14-12-15(17(23)22(2)3)21-18(19)20-14/h6-7,9-10,12H,4-5,8,11H2,1-3H3,(H2,19,20,21). The molecule has 0 saturated heterocycles. The minimum absolute atomic E-state index is 0.0680. The van der Waals surface area contributed by atoms with E-state index in [4.69, 9.17) is 10.5 Å². The number of unbranched alkanes of at least 4 members (excludes halogenated alkanes) is 2. The molecule has 24 heavy (non-hydrogen) atoms. The van der Waals surface area contributed by atoms with Gasteiger partial charge in [-0.1, -0.05) is 31.9 Å². The number of anilines is 1. The summed E-state index contributed by atoms with van der Waals surface area (Å²) in [6, 6.07) is 9.26. The Morgan fingerprint density at radius 1 is 1.21 bits per heavy atom. The summed E-state index contributed by atoms with van der Waals surface area (Å²) >= 11 is 0. The first-order chi connectivity index (χ1) is 11.5. The van der Waals surface area contributed by atoms with Gasteiger partial charge >= 0.3 is 0 Å². The summed E-state index contributed by atoms with van der Waals surface area (Å²) in [5.41, 5.74) is 7.44. The van der Waals surface area contributed by atoms with Crippen LogP contribution in [0.1, 0.15) is 36.7 Å². The van der Waals surface area contributed by atoms with Crippen molar-refractivity contribution in [2.45, 2.75) is 26.2 Å². The molecule has 1 amide bonds. The lowest BCUT2D eigenvalue weighted by Crippen LogP contribution is -2.23. The number of nitrogens with zero attached hydrogens (tertiary/aromatic N) is 3. The molecule has 1 aromatic carbocycles. The zero-order chi connectivity index (χ0) is 17.5. The molecule has 0 radical (unpaired) electrons. The number of hydrogen-bond acceptors (Lipinski definition) is 5. The van der Waals surface area contributed by atoms with Crippen molar-refractivity contribution in [3.8, 4) is 17.0 Å². The quantitative estimate of drug-likeness (QED) is 0.790. The van der Waals surface area contributed by atoms with Crippen LogP contribution in [0.5, 0.6) is 5.75 Å². The smallest absolute Gasteiger partial charge is 0.272 e. The number of amides is 1. The fourth-order valence-corrected chi connectivity index (χ4v) is 2.28. The minimum Gasteiger partial charge on any atom is -0.493 e. The van der Waals surface area contributed by atoms with Gasteiger partial charge < -0.3 is 15.4 Å². The van der Waals surface area contributed by atoms with Crippen LogP contribution in [-0.4, -0.2) is 41.5 Å². The van der Waals surface area contributed by atoms with Crippen molar-refractivity contribution in [3.05, 3.63) is 36.0 Å².